The number of hydrogen-bond acceptors (Lipinski definition) is 5. The molecule has 2 rings (SSSR count). The highest BCUT2D eigenvalue weighted by Crippen LogP contribution is 2.23. The van der Waals surface area contributed by atoms with Gasteiger partial charge in [-0.3, -0.25) is 4.79 Å². The van der Waals surface area contributed by atoms with Crippen LogP contribution in [0.3, 0.4) is 0 Å². The van der Waals surface area contributed by atoms with Crippen LogP contribution in [0.1, 0.15) is 48.8 Å². The third-order valence-electron chi connectivity index (χ3n) is 3.43. The molecule has 0 aromatic carbocycles. The van der Waals surface area contributed by atoms with E-state index in [1.165, 1.54) is 24.2 Å². The summed E-state index contributed by atoms with van der Waals surface area (Å²) in [6.07, 6.45) is 5.67. The molecule has 1 amide bonds. The lowest BCUT2D eigenvalue weighted by atomic mass is 10.1. The van der Waals surface area contributed by atoms with E-state index in [1.807, 2.05) is 4.90 Å². The molecule has 1 aromatic rings. The Morgan fingerprint density at radius 1 is 1.44 bits per heavy atom. The number of anilines is 1. The molecule has 1 saturated heterocycles. The van der Waals surface area contributed by atoms with Gasteiger partial charge in [0.05, 0.1) is 0 Å². The Labute approximate surface area is 112 Å². The van der Waals surface area contributed by atoms with Gasteiger partial charge >= 0.3 is 0 Å². The summed E-state index contributed by atoms with van der Waals surface area (Å²) in [6, 6.07) is 0.363. The van der Waals surface area contributed by atoms with Crippen molar-refractivity contribution in [2.24, 2.45) is 0 Å². The van der Waals surface area contributed by atoms with Crippen molar-refractivity contribution in [3.63, 3.8) is 0 Å². The van der Waals surface area contributed by atoms with Gasteiger partial charge in [-0.15, -0.1) is 10.2 Å². The van der Waals surface area contributed by atoms with Crippen LogP contribution in [0.5, 0.6) is 0 Å². The topological polar surface area (TPSA) is 58.1 Å². The second-order valence-electron chi connectivity index (χ2n) is 4.57. The zero-order valence-corrected chi connectivity index (χ0v) is 11.8. The Morgan fingerprint density at radius 3 is 2.94 bits per heavy atom. The third kappa shape index (κ3) is 2.80. The predicted molar refractivity (Wildman–Crippen MR) is 73.0 cm³/mol. The number of nitrogens with one attached hydrogen (secondary N) is 1. The lowest BCUT2D eigenvalue weighted by Gasteiger charge is -2.28. The quantitative estimate of drug-likeness (QED) is 0.914. The summed E-state index contributed by atoms with van der Waals surface area (Å²) in [6.45, 7) is 3.00. The Morgan fingerprint density at radius 2 is 2.28 bits per heavy atom. The number of likely N-dealkylation sites (tertiary alicyclic amines) is 1. The SMILES string of the molecule is CCC1CCCCCN1C(=O)c1nnc(NC)s1. The zero-order valence-electron chi connectivity index (χ0n) is 11.0. The molecule has 0 bridgehead atoms. The van der Waals surface area contributed by atoms with Crippen LogP contribution in [-0.4, -0.2) is 40.6 Å². The summed E-state index contributed by atoms with van der Waals surface area (Å²) in [7, 11) is 1.79. The van der Waals surface area contributed by atoms with Crippen molar-refractivity contribution >= 4 is 22.4 Å². The van der Waals surface area contributed by atoms with Gasteiger partial charge < -0.3 is 10.2 Å². The molecular weight excluding hydrogens is 248 g/mol. The van der Waals surface area contributed by atoms with E-state index in [0.717, 1.165) is 25.8 Å². The fraction of sp³-hybridized carbons (Fsp3) is 0.750. The van der Waals surface area contributed by atoms with Crippen LogP contribution < -0.4 is 5.32 Å². The minimum absolute atomic E-state index is 0.0442. The standard InChI is InChI=1S/C12H20N4OS/c1-3-9-7-5-4-6-8-16(9)11(17)10-14-15-12(13-2)18-10/h9H,3-8H2,1-2H3,(H,13,15). The van der Waals surface area contributed by atoms with Gasteiger partial charge in [-0.25, -0.2) is 0 Å². The maximum Gasteiger partial charge on any atom is 0.285 e. The van der Waals surface area contributed by atoms with E-state index >= 15 is 0 Å². The number of carbonyl (C=O) groups is 1. The zero-order chi connectivity index (χ0) is 13.0. The maximum absolute atomic E-state index is 12.5. The number of amides is 1. The van der Waals surface area contributed by atoms with E-state index in [2.05, 4.69) is 22.4 Å². The van der Waals surface area contributed by atoms with Gasteiger partial charge in [0.25, 0.3) is 5.91 Å². The molecule has 1 N–H and O–H groups in total. The Balaban J connectivity index is 2.14. The minimum atomic E-state index is 0.0442. The highest BCUT2D eigenvalue weighted by molar-refractivity contribution is 7.17. The second kappa shape index (κ2) is 6.13. The van der Waals surface area contributed by atoms with Gasteiger partial charge in [-0.1, -0.05) is 31.1 Å². The van der Waals surface area contributed by atoms with Crippen LogP contribution in [0, 0.1) is 0 Å². The molecule has 5 nitrogen and oxygen atoms in total. The van der Waals surface area contributed by atoms with Crippen molar-refractivity contribution in [1.29, 1.82) is 0 Å². The second-order valence-corrected chi connectivity index (χ2v) is 5.55. The molecule has 1 aliphatic rings. The fourth-order valence-electron chi connectivity index (χ4n) is 2.40. The average molecular weight is 268 g/mol. The number of carbonyl (C=O) groups excluding carboxylic acids is 1. The summed E-state index contributed by atoms with van der Waals surface area (Å²) in [4.78, 5) is 14.5. The Bertz CT molecular complexity index is 407. The Kier molecular flexibility index (Phi) is 4.52. The van der Waals surface area contributed by atoms with Gasteiger partial charge in [0.1, 0.15) is 0 Å². The smallest absolute Gasteiger partial charge is 0.285 e. The van der Waals surface area contributed by atoms with E-state index in [0.29, 0.717) is 16.2 Å². The first-order chi connectivity index (χ1) is 8.76. The van der Waals surface area contributed by atoms with E-state index in [1.54, 1.807) is 7.05 Å². The maximum atomic E-state index is 12.5. The fourth-order valence-corrected chi connectivity index (χ4v) is 3.06. The number of aromatic nitrogens is 2. The van der Waals surface area contributed by atoms with Crippen LogP contribution in [0.15, 0.2) is 0 Å². The molecule has 6 heteroatoms. The first kappa shape index (κ1) is 13.3. The summed E-state index contributed by atoms with van der Waals surface area (Å²) in [5, 5.41) is 12.0. The van der Waals surface area contributed by atoms with Crippen molar-refractivity contribution in [3.05, 3.63) is 5.01 Å². The molecule has 0 radical (unpaired) electrons. The van der Waals surface area contributed by atoms with Crippen molar-refractivity contribution in [2.45, 2.75) is 45.1 Å². The molecule has 1 unspecified atom stereocenters. The molecule has 0 spiro atoms. The van der Waals surface area contributed by atoms with E-state index in [4.69, 9.17) is 0 Å². The first-order valence-electron chi connectivity index (χ1n) is 6.58. The lowest BCUT2D eigenvalue weighted by Crippen LogP contribution is -2.39. The molecule has 1 aromatic heterocycles. The van der Waals surface area contributed by atoms with Crippen molar-refractivity contribution < 1.29 is 4.79 Å². The van der Waals surface area contributed by atoms with E-state index < -0.39 is 0 Å². The van der Waals surface area contributed by atoms with Crippen molar-refractivity contribution in [2.75, 3.05) is 18.9 Å². The number of rotatable bonds is 3. The van der Waals surface area contributed by atoms with Crippen molar-refractivity contribution in [1.82, 2.24) is 15.1 Å². The van der Waals surface area contributed by atoms with Crippen molar-refractivity contribution in [3.8, 4) is 0 Å². The highest BCUT2D eigenvalue weighted by Gasteiger charge is 2.27. The van der Waals surface area contributed by atoms with Crippen LogP contribution in [-0.2, 0) is 0 Å². The molecule has 18 heavy (non-hydrogen) atoms. The van der Waals surface area contributed by atoms with Crippen LogP contribution >= 0.6 is 11.3 Å². The van der Waals surface area contributed by atoms with Crippen LogP contribution in [0.25, 0.3) is 0 Å². The lowest BCUT2D eigenvalue weighted by molar-refractivity contribution is 0.0677. The summed E-state index contributed by atoms with van der Waals surface area (Å²) in [5.74, 6) is 0.0442. The number of nitrogens with zero attached hydrogens (tertiary/aromatic N) is 3. The normalized spacial score (nSPS) is 20.6. The Hall–Kier alpha value is -1.17. The molecule has 1 aliphatic heterocycles. The molecule has 1 fully saturated rings. The minimum Gasteiger partial charge on any atom is -0.363 e. The molecule has 1 atom stereocenters. The van der Waals surface area contributed by atoms with Gasteiger partial charge in [0, 0.05) is 19.6 Å². The number of hydrogen-bond donors (Lipinski definition) is 1. The molecule has 0 saturated carbocycles. The van der Waals surface area contributed by atoms with Gasteiger partial charge in [-0.2, -0.15) is 0 Å². The van der Waals surface area contributed by atoms with Crippen LogP contribution in [0.4, 0.5) is 5.13 Å². The summed E-state index contributed by atoms with van der Waals surface area (Å²) in [5.41, 5.74) is 0. The molecular formula is C12H20N4OS. The predicted octanol–water partition coefficient (Wildman–Crippen LogP) is 2.37. The largest absolute Gasteiger partial charge is 0.363 e. The van der Waals surface area contributed by atoms with Gasteiger partial charge in [0.2, 0.25) is 10.1 Å². The van der Waals surface area contributed by atoms with Crippen LogP contribution in [0.2, 0.25) is 0 Å². The van der Waals surface area contributed by atoms with E-state index in [-0.39, 0.29) is 5.91 Å². The third-order valence-corrected chi connectivity index (χ3v) is 4.36. The monoisotopic (exact) mass is 268 g/mol. The average Bonchev–Trinajstić information content (AvgIpc) is 2.75. The summed E-state index contributed by atoms with van der Waals surface area (Å²) < 4.78 is 0. The summed E-state index contributed by atoms with van der Waals surface area (Å²) >= 11 is 1.33. The van der Waals surface area contributed by atoms with Gasteiger partial charge in [0.15, 0.2) is 0 Å². The molecule has 2 heterocycles. The molecule has 0 aliphatic carbocycles. The highest BCUT2D eigenvalue weighted by atomic mass is 32.1. The van der Waals surface area contributed by atoms with Gasteiger partial charge in [-0.05, 0) is 19.3 Å². The molecule has 100 valence electrons. The van der Waals surface area contributed by atoms with E-state index in [9.17, 15) is 4.79 Å². The first-order valence-corrected chi connectivity index (χ1v) is 7.40.